The van der Waals surface area contributed by atoms with Gasteiger partial charge in [-0.15, -0.1) is 0 Å². The second-order valence-corrected chi connectivity index (χ2v) is 12.5. The molecule has 0 N–H and O–H groups in total. The van der Waals surface area contributed by atoms with Crippen molar-refractivity contribution in [2.24, 2.45) is 0 Å². The van der Waals surface area contributed by atoms with Crippen LogP contribution in [0.2, 0.25) is 0 Å². The van der Waals surface area contributed by atoms with Crippen LogP contribution < -0.4 is 0 Å². The van der Waals surface area contributed by atoms with Gasteiger partial charge in [0.1, 0.15) is 0 Å². The predicted octanol–water partition coefficient (Wildman–Crippen LogP) is 11.4. The lowest BCUT2D eigenvalue weighted by Gasteiger charge is -2.14. The molecule has 0 saturated carbocycles. The highest BCUT2D eigenvalue weighted by Gasteiger charge is 2.24. The average molecular weight is 661 g/mol. The highest BCUT2D eigenvalue weighted by atomic mass is 15.0. The van der Waals surface area contributed by atoms with E-state index in [0.717, 1.165) is 66.1 Å². The van der Waals surface area contributed by atoms with Crippen LogP contribution in [-0.4, -0.2) is 9.13 Å². The maximum absolute atomic E-state index is 10.3. The van der Waals surface area contributed by atoms with Crippen LogP contribution in [0, 0.1) is 40.6 Å². The first-order valence-electron chi connectivity index (χ1n) is 16.7. The van der Waals surface area contributed by atoms with Crippen molar-refractivity contribution in [3.63, 3.8) is 0 Å². The van der Waals surface area contributed by atoms with Crippen LogP contribution in [0.15, 0.2) is 146 Å². The van der Waals surface area contributed by atoms with Crippen molar-refractivity contribution in [2.75, 3.05) is 0 Å². The number of rotatable bonds is 4. The Morgan fingerprint density at radius 2 is 1.06 bits per heavy atom. The Morgan fingerprint density at radius 1 is 0.462 bits per heavy atom. The van der Waals surface area contributed by atoms with Crippen molar-refractivity contribution in [2.45, 2.75) is 0 Å². The Balaban J connectivity index is 1.46. The van der Waals surface area contributed by atoms with Gasteiger partial charge in [-0.25, -0.2) is 4.85 Å². The van der Waals surface area contributed by atoms with Gasteiger partial charge in [0.05, 0.1) is 58.0 Å². The lowest BCUT2D eigenvalue weighted by molar-refractivity contribution is 1.17. The molecule has 0 aliphatic heterocycles. The number of nitriles is 3. The minimum absolute atomic E-state index is 0.389. The SMILES string of the molecule is [C-]#[N+]c1cccc(C#N)c1-c1cccc2c1c1cccc(-c3c(C#N)cccc3C#N)c1n2-c1ccc2c(c1)c1ccccc1n2-c1ccccc1. The molecule has 0 radical (unpaired) electrons. The molecule has 0 aliphatic carbocycles. The van der Waals surface area contributed by atoms with Crippen molar-refractivity contribution < 1.29 is 0 Å². The predicted molar refractivity (Wildman–Crippen MR) is 206 cm³/mol. The van der Waals surface area contributed by atoms with Crippen LogP contribution in [0.25, 0.3) is 82.1 Å². The summed E-state index contributed by atoms with van der Waals surface area (Å²) >= 11 is 0. The van der Waals surface area contributed by atoms with E-state index < -0.39 is 0 Å². The van der Waals surface area contributed by atoms with Gasteiger partial charge in [-0.05, 0) is 66.2 Å². The normalized spacial score (nSPS) is 11.0. The van der Waals surface area contributed by atoms with Gasteiger partial charge in [-0.2, -0.15) is 15.8 Å². The van der Waals surface area contributed by atoms with Gasteiger partial charge in [0.25, 0.3) is 0 Å². The third-order valence-electron chi connectivity index (χ3n) is 9.87. The standard InChI is InChI=1S/C46H24N6/c1-50-39-20-8-13-31(28-49)44(39)35-17-10-22-42-45(35)37-19-9-18-36(43-29(26-47)11-7-12-30(43)27-48)46(37)52(42)33-23-24-41-38(25-33)34-16-5-6-21-40(34)51(41)32-14-3-2-4-15-32/h2-25H. The van der Waals surface area contributed by atoms with E-state index in [1.165, 1.54) is 0 Å². The maximum atomic E-state index is 10.3. The molecule has 9 aromatic rings. The first-order chi connectivity index (χ1) is 25.7. The first kappa shape index (κ1) is 30.2. The number of fused-ring (bicyclic) bond motifs is 6. The summed E-state index contributed by atoms with van der Waals surface area (Å²) < 4.78 is 4.47. The van der Waals surface area contributed by atoms with Crippen LogP contribution >= 0.6 is 0 Å². The molecule has 0 fully saturated rings. The first-order valence-corrected chi connectivity index (χ1v) is 16.7. The lowest BCUT2D eigenvalue weighted by atomic mass is 9.91. The molecule has 6 heteroatoms. The molecule has 6 nitrogen and oxygen atoms in total. The number of para-hydroxylation sites is 3. The maximum Gasteiger partial charge on any atom is 0.196 e. The third-order valence-corrected chi connectivity index (χ3v) is 9.87. The fourth-order valence-electron chi connectivity index (χ4n) is 7.79. The summed E-state index contributed by atoms with van der Waals surface area (Å²) in [6.45, 7) is 8.01. The van der Waals surface area contributed by atoms with Crippen LogP contribution in [-0.2, 0) is 0 Å². The monoisotopic (exact) mass is 660 g/mol. The summed E-state index contributed by atoms with van der Waals surface area (Å²) in [5.41, 5.74) is 10.0. The molecule has 52 heavy (non-hydrogen) atoms. The Kier molecular flexibility index (Phi) is 6.91. The molecule has 2 aromatic heterocycles. The van der Waals surface area contributed by atoms with Crippen LogP contribution in [0.1, 0.15) is 16.7 Å². The molecule has 2 heterocycles. The van der Waals surface area contributed by atoms with E-state index in [1.807, 2.05) is 54.6 Å². The Morgan fingerprint density at radius 3 is 1.81 bits per heavy atom. The summed E-state index contributed by atoms with van der Waals surface area (Å²) in [4.78, 5) is 3.83. The van der Waals surface area contributed by atoms with Crippen LogP contribution in [0.3, 0.4) is 0 Å². The van der Waals surface area contributed by atoms with E-state index in [9.17, 15) is 15.8 Å². The molecule has 0 spiro atoms. The largest absolute Gasteiger partial charge is 0.309 e. The smallest absolute Gasteiger partial charge is 0.196 e. The van der Waals surface area contributed by atoms with E-state index in [-0.39, 0.29) is 0 Å². The number of nitrogens with zero attached hydrogens (tertiary/aromatic N) is 6. The van der Waals surface area contributed by atoms with E-state index in [1.54, 1.807) is 36.4 Å². The zero-order valence-electron chi connectivity index (χ0n) is 27.5. The third kappa shape index (κ3) is 4.33. The van der Waals surface area contributed by atoms with Gasteiger partial charge in [0, 0.05) is 55.2 Å². The summed E-state index contributed by atoms with van der Waals surface area (Å²) in [6.07, 6.45) is 0. The van der Waals surface area contributed by atoms with E-state index in [0.29, 0.717) is 33.5 Å². The number of benzene rings is 7. The van der Waals surface area contributed by atoms with Gasteiger partial charge >= 0.3 is 0 Å². The number of hydrogen-bond acceptors (Lipinski definition) is 3. The second-order valence-electron chi connectivity index (χ2n) is 12.5. The fraction of sp³-hybridized carbons (Fsp3) is 0. The molecular formula is C46H24N6. The summed E-state index contributed by atoms with van der Waals surface area (Å²) in [7, 11) is 0. The lowest BCUT2D eigenvalue weighted by Crippen LogP contribution is -1.98. The van der Waals surface area contributed by atoms with Gasteiger partial charge in [-0.1, -0.05) is 84.9 Å². The van der Waals surface area contributed by atoms with Gasteiger partial charge in [0.2, 0.25) is 0 Å². The molecule has 0 atom stereocenters. The number of hydrogen-bond donors (Lipinski definition) is 0. The zero-order chi connectivity index (χ0) is 35.3. The van der Waals surface area contributed by atoms with E-state index in [4.69, 9.17) is 6.57 Å². The van der Waals surface area contributed by atoms with E-state index in [2.05, 4.69) is 86.8 Å². The molecule has 0 saturated heterocycles. The van der Waals surface area contributed by atoms with Gasteiger partial charge in [0.15, 0.2) is 5.69 Å². The minimum Gasteiger partial charge on any atom is -0.309 e. The van der Waals surface area contributed by atoms with Crippen molar-refractivity contribution >= 4 is 49.3 Å². The van der Waals surface area contributed by atoms with Crippen molar-refractivity contribution in [3.8, 4) is 51.8 Å². The molecule has 0 aliphatic rings. The number of aromatic nitrogens is 2. The Bertz CT molecular complexity index is 3050. The van der Waals surface area contributed by atoms with Crippen LogP contribution in [0.5, 0.6) is 0 Å². The summed E-state index contributed by atoms with van der Waals surface area (Å²) in [5, 5.41) is 34.7. The molecule has 0 bridgehead atoms. The highest BCUT2D eigenvalue weighted by Crippen LogP contribution is 2.46. The Hall–Kier alpha value is -7.90. The van der Waals surface area contributed by atoms with Crippen molar-refractivity contribution in [3.05, 3.63) is 174 Å². The molecular weight excluding hydrogens is 637 g/mol. The second kappa shape index (κ2) is 11.9. The van der Waals surface area contributed by atoms with Crippen molar-refractivity contribution in [1.29, 1.82) is 15.8 Å². The van der Waals surface area contributed by atoms with Crippen LogP contribution in [0.4, 0.5) is 5.69 Å². The highest BCUT2D eigenvalue weighted by molar-refractivity contribution is 6.20. The Labute approximate surface area is 298 Å². The van der Waals surface area contributed by atoms with Gasteiger partial charge < -0.3 is 9.13 Å². The summed E-state index contributed by atoms with van der Waals surface area (Å²) in [6, 6.07) is 54.5. The topological polar surface area (TPSA) is 85.6 Å². The molecule has 7 aromatic carbocycles. The van der Waals surface area contributed by atoms with Crippen molar-refractivity contribution in [1.82, 2.24) is 9.13 Å². The average Bonchev–Trinajstić information content (AvgIpc) is 3.73. The fourth-order valence-corrected chi connectivity index (χ4v) is 7.79. The molecule has 9 rings (SSSR count). The zero-order valence-corrected chi connectivity index (χ0v) is 27.5. The summed E-state index contributed by atoms with van der Waals surface area (Å²) in [5.74, 6) is 0. The van der Waals surface area contributed by atoms with E-state index >= 15 is 0 Å². The molecule has 0 unspecified atom stereocenters. The molecule has 0 amide bonds. The van der Waals surface area contributed by atoms with Gasteiger partial charge in [-0.3, -0.25) is 0 Å². The minimum atomic E-state index is 0.389. The molecule has 238 valence electrons. The quantitative estimate of drug-likeness (QED) is 0.176.